The second-order valence-corrected chi connectivity index (χ2v) is 3.87. The Morgan fingerprint density at radius 2 is 2.12 bits per heavy atom. The van der Waals surface area contributed by atoms with Crippen LogP contribution in [0.2, 0.25) is 5.02 Å². The Kier molecular flexibility index (Phi) is 4.34. The molecular weight excluding hydrogens is 246 g/mol. The Morgan fingerprint density at radius 3 is 2.65 bits per heavy atom. The van der Waals surface area contributed by atoms with Crippen molar-refractivity contribution in [3.63, 3.8) is 0 Å². The molecule has 1 aromatic carbocycles. The van der Waals surface area contributed by atoms with Gasteiger partial charge in [-0.2, -0.15) is 0 Å². The lowest BCUT2D eigenvalue weighted by molar-refractivity contribution is -0.139. The molecule has 0 bridgehead atoms. The minimum atomic E-state index is -1.12. The number of phenolic OH excluding ortho intramolecular Hbond substituents is 1. The average molecular weight is 258 g/mol. The Hall–Kier alpha value is -1.75. The first-order valence-corrected chi connectivity index (χ1v) is 5.35. The Morgan fingerprint density at radius 1 is 1.47 bits per heavy atom. The van der Waals surface area contributed by atoms with Crippen molar-refractivity contribution < 1.29 is 19.8 Å². The van der Waals surface area contributed by atoms with Gasteiger partial charge >= 0.3 is 5.97 Å². The largest absolute Gasteiger partial charge is 0.507 e. The zero-order valence-electron chi connectivity index (χ0n) is 9.11. The van der Waals surface area contributed by atoms with Crippen molar-refractivity contribution in [3.05, 3.63) is 28.8 Å². The van der Waals surface area contributed by atoms with Crippen LogP contribution < -0.4 is 5.32 Å². The van der Waals surface area contributed by atoms with Crippen LogP contribution in [0.1, 0.15) is 23.7 Å². The molecule has 0 aliphatic carbocycles. The van der Waals surface area contributed by atoms with Crippen LogP contribution in [0, 0.1) is 0 Å². The van der Waals surface area contributed by atoms with Crippen molar-refractivity contribution in [3.8, 4) is 5.75 Å². The van der Waals surface area contributed by atoms with Gasteiger partial charge in [0.15, 0.2) is 0 Å². The van der Waals surface area contributed by atoms with Gasteiger partial charge in [-0.3, -0.25) is 4.79 Å². The first kappa shape index (κ1) is 13.3. The topological polar surface area (TPSA) is 86.6 Å². The molecule has 0 radical (unpaired) electrons. The molecule has 0 aromatic heterocycles. The van der Waals surface area contributed by atoms with E-state index in [9.17, 15) is 14.7 Å². The summed E-state index contributed by atoms with van der Waals surface area (Å²) in [7, 11) is 0. The molecular formula is C11H12ClNO4. The van der Waals surface area contributed by atoms with Crippen LogP contribution >= 0.6 is 11.6 Å². The van der Waals surface area contributed by atoms with Crippen molar-refractivity contribution in [1.82, 2.24) is 5.32 Å². The van der Waals surface area contributed by atoms with Gasteiger partial charge in [0.2, 0.25) is 0 Å². The van der Waals surface area contributed by atoms with E-state index in [-0.39, 0.29) is 22.8 Å². The number of hydrogen-bond donors (Lipinski definition) is 3. The molecule has 0 saturated carbocycles. The standard InChI is InChI=1S/C11H12ClNO4/c1-2-8(11(16)17)13-10(15)7-5-6(12)3-4-9(7)14/h3-5,8,14H,2H2,1H3,(H,13,15)(H,16,17)/t8-/m1/s1. The fourth-order valence-corrected chi connectivity index (χ4v) is 1.44. The summed E-state index contributed by atoms with van der Waals surface area (Å²) in [5, 5.41) is 20.8. The fraction of sp³-hybridized carbons (Fsp3) is 0.273. The number of carboxylic acid groups (broad SMARTS) is 1. The van der Waals surface area contributed by atoms with E-state index in [1.54, 1.807) is 6.92 Å². The summed E-state index contributed by atoms with van der Waals surface area (Å²) in [6, 6.07) is 3.00. The molecule has 1 atom stereocenters. The number of aromatic hydroxyl groups is 1. The molecule has 92 valence electrons. The third-order valence-corrected chi connectivity index (χ3v) is 2.45. The van der Waals surface area contributed by atoms with Gasteiger partial charge in [0.1, 0.15) is 11.8 Å². The number of nitrogens with one attached hydrogen (secondary N) is 1. The number of hydrogen-bond acceptors (Lipinski definition) is 3. The van der Waals surface area contributed by atoms with E-state index in [1.165, 1.54) is 18.2 Å². The lowest BCUT2D eigenvalue weighted by Gasteiger charge is -2.12. The van der Waals surface area contributed by atoms with E-state index >= 15 is 0 Å². The molecule has 0 fully saturated rings. The number of carbonyl (C=O) groups excluding carboxylic acids is 1. The lowest BCUT2D eigenvalue weighted by Crippen LogP contribution is -2.40. The molecule has 3 N–H and O–H groups in total. The molecule has 0 aliphatic rings. The Bertz CT molecular complexity index is 447. The highest BCUT2D eigenvalue weighted by Gasteiger charge is 2.20. The molecule has 5 nitrogen and oxygen atoms in total. The van der Waals surface area contributed by atoms with Crippen molar-refractivity contribution >= 4 is 23.5 Å². The van der Waals surface area contributed by atoms with Crippen LogP contribution in [0.25, 0.3) is 0 Å². The molecule has 1 amide bonds. The minimum absolute atomic E-state index is 0.0443. The molecule has 0 saturated heterocycles. The fourth-order valence-electron chi connectivity index (χ4n) is 1.26. The van der Waals surface area contributed by atoms with E-state index in [1.807, 2.05) is 0 Å². The summed E-state index contributed by atoms with van der Waals surface area (Å²) in [6.45, 7) is 1.64. The maximum Gasteiger partial charge on any atom is 0.326 e. The maximum absolute atomic E-state index is 11.7. The number of phenols is 1. The zero-order valence-corrected chi connectivity index (χ0v) is 9.86. The van der Waals surface area contributed by atoms with Gasteiger partial charge in [0.25, 0.3) is 5.91 Å². The molecule has 0 spiro atoms. The summed E-state index contributed by atoms with van der Waals surface area (Å²) >= 11 is 5.69. The molecule has 1 rings (SSSR count). The average Bonchev–Trinajstić information content (AvgIpc) is 2.28. The molecule has 1 aromatic rings. The third-order valence-electron chi connectivity index (χ3n) is 2.21. The van der Waals surface area contributed by atoms with Gasteiger partial charge < -0.3 is 15.5 Å². The monoisotopic (exact) mass is 257 g/mol. The lowest BCUT2D eigenvalue weighted by atomic mass is 10.1. The quantitative estimate of drug-likeness (QED) is 0.765. The van der Waals surface area contributed by atoms with Gasteiger partial charge in [-0.05, 0) is 24.6 Å². The maximum atomic E-state index is 11.7. The number of aliphatic carboxylic acids is 1. The number of benzene rings is 1. The molecule has 0 heterocycles. The van der Waals surface area contributed by atoms with Crippen molar-refractivity contribution in [2.45, 2.75) is 19.4 Å². The van der Waals surface area contributed by atoms with Gasteiger partial charge in [-0.1, -0.05) is 18.5 Å². The van der Waals surface area contributed by atoms with Crippen LogP contribution in [0.4, 0.5) is 0 Å². The second kappa shape index (κ2) is 5.54. The highest BCUT2D eigenvalue weighted by molar-refractivity contribution is 6.31. The molecule has 0 unspecified atom stereocenters. The van der Waals surface area contributed by atoms with Crippen LogP contribution in [0.15, 0.2) is 18.2 Å². The summed E-state index contributed by atoms with van der Waals surface area (Å²) in [4.78, 5) is 22.4. The highest BCUT2D eigenvalue weighted by Crippen LogP contribution is 2.21. The minimum Gasteiger partial charge on any atom is -0.507 e. The van der Waals surface area contributed by atoms with E-state index in [0.29, 0.717) is 0 Å². The molecule has 17 heavy (non-hydrogen) atoms. The smallest absolute Gasteiger partial charge is 0.326 e. The van der Waals surface area contributed by atoms with Gasteiger partial charge in [-0.15, -0.1) is 0 Å². The van der Waals surface area contributed by atoms with Crippen molar-refractivity contribution in [2.24, 2.45) is 0 Å². The number of carboxylic acids is 1. The van der Waals surface area contributed by atoms with Crippen molar-refractivity contribution in [2.75, 3.05) is 0 Å². The number of rotatable bonds is 4. The Balaban J connectivity index is 2.89. The molecule has 6 heteroatoms. The van der Waals surface area contributed by atoms with E-state index < -0.39 is 17.9 Å². The first-order chi connectivity index (χ1) is 7.95. The zero-order chi connectivity index (χ0) is 13.0. The van der Waals surface area contributed by atoms with Gasteiger partial charge in [0.05, 0.1) is 5.56 Å². The normalized spacial score (nSPS) is 11.9. The van der Waals surface area contributed by atoms with Gasteiger partial charge in [-0.25, -0.2) is 4.79 Å². The van der Waals surface area contributed by atoms with Crippen molar-refractivity contribution in [1.29, 1.82) is 0 Å². The van der Waals surface area contributed by atoms with E-state index in [0.717, 1.165) is 0 Å². The summed E-state index contributed by atoms with van der Waals surface area (Å²) in [6.07, 6.45) is 0.252. The number of carbonyl (C=O) groups is 2. The van der Waals surface area contributed by atoms with Crippen LogP contribution in [-0.4, -0.2) is 28.1 Å². The molecule has 0 aliphatic heterocycles. The predicted molar refractivity (Wildman–Crippen MR) is 62.3 cm³/mol. The summed E-state index contributed by atoms with van der Waals surface area (Å²) in [5.74, 6) is -2.03. The predicted octanol–water partition coefficient (Wildman–Crippen LogP) is 1.64. The first-order valence-electron chi connectivity index (χ1n) is 4.98. The second-order valence-electron chi connectivity index (χ2n) is 3.43. The van der Waals surface area contributed by atoms with Crippen LogP contribution in [-0.2, 0) is 4.79 Å². The third kappa shape index (κ3) is 3.35. The summed E-state index contributed by atoms with van der Waals surface area (Å²) in [5.41, 5.74) is -0.0443. The van der Waals surface area contributed by atoms with E-state index in [4.69, 9.17) is 16.7 Å². The van der Waals surface area contributed by atoms with E-state index in [2.05, 4.69) is 5.32 Å². The number of amides is 1. The van der Waals surface area contributed by atoms with Crippen LogP contribution in [0.3, 0.4) is 0 Å². The Labute approximate surface area is 103 Å². The SMILES string of the molecule is CC[C@@H](NC(=O)c1cc(Cl)ccc1O)C(=O)O. The highest BCUT2D eigenvalue weighted by atomic mass is 35.5. The van der Waals surface area contributed by atoms with Crippen LogP contribution in [0.5, 0.6) is 5.75 Å². The summed E-state index contributed by atoms with van der Waals surface area (Å²) < 4.78 is 0. The van der Waals surface area contributed by atoms with Gasteiger partial charge in [0, 0.05) is 5.02 Å². The number of halogens is 1.